The third-order valence-corrected chi connectivity index (χ3v) is 6.63. The van der Waals surface area contributed by atoms with Crippen LogP contribution in [0.15, 0.2) is 10.5 Å². The average Bonchev–Trinajstić information content (AvgIpc) is 3.23. The van der Waals surface area contributed by atoms with Crippen LogP contribution in [0.3, 0.4) is 0 Å². The summed E-state index contributed by atoms with van der Waals surface area (Å²) < 4.78 is 6.97. The predicted octanol–water partition coefficient (Wildman–Crippen LogP) is 1.75. The molecule has 0 radical (unpaired) electrons. The number of H-pyrrole nitrogens is 1. The van der Waals surface area contributed by atoms with Crippen molar-refractivity contribution in [1.29, 1.82) is 0 Å². The number of thioether (sulfide) groups is 1. The molecule has 0 bridgehead atoms. The molecule has 128 valence electrons. The van der Waals surface area contributed by atoms with E-state index in [0.29, 0.717) is 18.8 Å². The molecule has 24 heavy (non-hydrogen) atoms. The van der Waals surface area contributed by atoms with Crippen LogP contribution in [0.2, 0.25) is 0 Å². The van der Waals surface area contributed by atoms with Crippen LogP contribution in [-0.2, 0) is 21.6 Å². The molecule has 1 fully saturated rings. The van der Waals surface area contributed by atoms with Crippen LogP contribution in [0, 0.1) is 6.92 Å². The number of carbonyl (C=O) groups excluding carboxylic acids is 1. The number of hydrogen-bond donors (Lipinski definition) is 1. The molecule has 2 aliphatic rings. The summed E-state index contributed by atoms with van der Waals surface area (Å²) in [6, 6.07) is 0. The van der Waals surface area contributed by atoms with Crippen LogP contribution < -0.4 is 0 Å². The number of likely N-dealkylation sites (tertiary alicyclic amines) is 1. The van der Waals surface area contributed by atoms with E-state index in [4.69, 9.17) is 4.74 Å². The van der Waals surface area contributed by atoms with Crippen molar-refractivity contribution in [1.82, 2.24) is 25.3 Å². The monoisotopic (exact) mass is 365 g/mol. The number of ether oxygens (including phenoxy) is 1. The van der Waals surface area contributed by atoms with Gasteiger partial charge in [0.1, 0.15) is 10.6 Å². The number of hydrogen-bond acceptors (Lipinski definition) is 7. The molecule has 0 aromatic carbocycles. The Morgan fingerprint density at radius 2 is 2.29 bits per heavy atom. The first kappa shape index (κ1) is 16.0. The minimum absolute atomic E-state index is 0.156. The zero-order valence-electron chi connectivity index (χ0n) is 13.4. The van der Waals surface area contributed by atoms with E-state index in [2.05, 4.69) is 20.4 Å². The van der Waals surface area contributed by atoms with Gasteiger partial charge in [-0.1, -0.05) is 23.1 Å². The lowest BCUT2D eigenvalue weighted by Gasteiger charge is -2.43. The molecule has 7 nitrogen and oxygen atoms in total. The van der Waals surface area contributed by atoms with E-state index in [1.165, 1.54) is 28.7 Å². The zero-order chi connectivity index (χ0) is 16.6. The fourth-order valence-corrected chi connectivity index (χ4v) is 5.11. The van der Waals surface area contributed by atoms with Crippen LogP contribution in [0.25, 0.3) is 0 Å². The Balaban J connectivity index is 1.36. The summed E-state index contributed by atoms with van der Waals surface area (Å²) in [5, 5.41) is 16.2. The maximum absolute atomic E-state index is 12.4. The summed E-state index contributed by atoms with van der Waals surface area (Å²) in [6.07, 6.45) is 4.44. The molecule has 0 atom stereocenters. The highest BCUT2D eigenvalue weighted by Gasteiger charge is 2.43. The van der Waals surface area contributed by atoms with E-state index in [9.17, 15) is 4.79 Å². The van der Waals surface area contributed by atoms with Gasteiger partial charge in [-0.05, 0) is 31.7 Å². The number of piperidine rings is 1. The Hall–Kier alpha value is -1.45. The molecule has 2 aromatic heterocycles. The number of amides is 1. The first-order chi connectivity index (χ1) is 11.7. The van der Waals surface area contributed by atoms with Crippen molar-refractivity contribution in [2.75, 3.05) is 25.4 Å². The molecular formula is C15H19N5O2S2. The molecular weight excluding hydrogens is 346 g/mol. The van der Waals surface area contributed by atoms with E-state index in [-0.39, 0.29) is 11.5 Å². The van der Waals surface area contributed by atoms with Gasteiger partial charge in [0.25, 0.3) is 0 Å². The minimum atomic E-state index is -0.287. The highest BCUT2D eigenvalue weighted by Crippen LogP contribution is 2.40. The summed E-state index contributed by atoms with van der Waals surface area (Å²) in [5.41, 5.74) is 2.08. The van der Waals surface area contributed by atoms with Crippen molar-refractivity contribution in [3.05, 3.63) is 22.5 Å². The Labute approximate surface area is 148 Å². The van der Waals surface area contributed by atoms with Gasteiger partial charge in [-0.3, -0.25) is 9.89 Å². The van der Waals surface area contributed by atoms with Crippen molar-refractivity contribution in [3.8, 4) is 0 Å². The van der Waals surface area contributed by atoms with Crippen LogP contribution in [-0.4, -0.2) is 56.7 Å². The summed E-state index contributed by atoms with van der Waals surface area (Å²) in [7, 11) is 0. The number of aryl methyl sites for hydroxylation is 1. The number of aromatic nitrogens is 4. The number of nitrogens with one attached hydrogen (secondary N) is 1. The Morgan fingerprint density at radius 1 is 1.46 bits per heavy atom. The molecule has 0 unspecified atom stereocenters. The summed E-state index contributed by atoms with van der Waals surface area (Å²) in [5.74, 6) is 0.570. The average molecular weight is 365 g/mol. The van der Waals surface area contributed by atoms with Crippen LogP contribution in [0.4, 0.5) is 0 Å². The topological polar surface area (TPSA) is 84.0 Å². The molecule has 2 aromatic rings. The van der Waals surface area contributed by atoms with Gasteiger partial charge in [-0.2, -0.15) is 5.10 Å². The lowest BCUT2D eigenvalue weighted by molar-refractivity contribution is -0.138. The number of aromatic amines is 1. The number of carbonyl (C=O) groups is 1. The van der Waals surface area contributed by atoms with E-state index in [0.717, 1.165) is 40.9 Å². The molecule has 1 amide bonds. The van der Waals surface area contributed by atoms with E-state index >= 15 is 0 Å². The Morgan fingerprint density at radius 3 is 3.04 bits per heavy atom. The maximum Gasteiger partial charge on any atom is 0.233 e. The highest BCUT2D eigenvalue weighted by atomic mass is 32.2. The smallest absolute Gasteiger partial charge is 0.233 e. The van der Waals surface area contributed by atoms with Gasteiger partial charge in [0.2, 0.25) is 5.91 Å². The first-order valence-corrected chi connectivity index (χ1v) is 9.84. The van der Waals surface area contributed by atoms with Crippen LogP contribution in [0.1, 0.15) is 29.1 Å². The SMILES string of the molecule is Cc1nnc(SCC(=O)N2CCC3(CC2)OCCc2cn[nH]c23)s1. The number of fused-ring (bicyclic) bond motifs is 2. The molecule has 1 N–H and O–H groups in total. The second kappa shape index (κ2) is 6.45. The van der Waals surface area contributed by atoms with Crippen molar-refractivity contribution >= 4 is 29.0 Å². The molecule has 9 heteroatoms. The van der Waals surface area contributed by atoms with Gasteiger partial charge in [-0.25, -0.2) is 0 Å². The molecule has 0 aliphatic carbocycles. The molecule has 0 saturated carbocycles. The lowest BCUT2D eigenvalue weighted by atomic mass is 9.84. The zero-order valence-corrected chi connectivity index (χ0v) is 15.1. The molecule has 1 spiro atoms. The van der Waals surface area contributed by atoms with Crippen LogP contribution >= 0.6 is 23.1 Å². The van der Waals surface area contributed by atoms with Gasteiger partial charge in [-0.15, -0.1) is 10.2 Å². The van der Waals surface area contributed by atoms with Gasteiger partial charge in [0.05, 0.1) is 24.3 Å². The minimum Gasteiger partial charge on any atom is -0.368 e. The third-order valence-electron chi connectivity index (χ3n) is 4.67. The van der Waals surface area contributed by atoms with E-state index in [1.807, 2.05) is 18.0 Å². The van der Waals surface area contributed by atoms with Gasteiger partial charge in [0.15, 0.2) is 4.34 Å². The summed E-state index contributed by atoms with van der Waals surface area (Å²) >= 11 is 2.99. The number of nitrogens with zero attached hydrogens (tertiary/aromatic N) is 4. The van der Waals surface area contributed by atoms with Gasteiger partial charge in [0, 0.05) is 13.1 Å². The van der Waals surface area contributed by atoms with Gasteiger partial charge >= 0.3 is 0 Å². The number of rotatable bonds is 3. The molecule has 4 heterocycles. The fourth-order valence-electron chi connectivity index (χ4n) is 3.39. The van der Waals surface area contributed by atoms with E-state index < -0.39 is 0 Å². The molecule has 1 saturated heterocycles. The largest absolute Gasteiger partial charge is 0.368 e. The standard InChI is InChI=1S/C15H19N5O2S2/c1-10-17-19-14(24-10)23-9-12(21)20-5-3-15(4-6-20)13-11(2-7-22-15)8-16-18-13/h8H,2-7,9H2,1H3,(H,16,18). The summed E-state index contributed by atoms with van der Waals surface area (Å²) in [6.45, 7) is 4.08. The summed E-state index contributed by atoms with van der Waals surface area (Å²) in [4.78, 5) is 14.4. The Bertz CT molecular complexity index is 736. The maximum atomic E-state index is 12.4. The third kappa shape index (κ3) is 2.96. The molecule has 4 rings (SSSR count). The van der Waals surface area contributed by atoms with Crippen LogP contribution in [0.5, 0.6) is 0 Å². The first-order valence-electron chi connectivity index (χ1n) is 8.04. The van der Waals surface area contributed by atoms with Crippen molar-refractivity contribution in [2.45, 2.75) is 36.1 Å². The van der Waals surface area contributed by atoms with E-state index in [1.54, 1.807) is 0 Å². The Kier molecular flexibility index (Phi) is 4.31. The normalized spacial score (nSPS) is 19.5. The van der Waals surface area contributed by atoms with Crippen molar-refractivity contribution in [2.24, 2.45) is 0 Å². The predicted molar refractivity (Wildman–Crippen MR) is 91.1 cm³/mol. The highest BCUT2D eigenvalue weighted by molar-refractivity contribution is 8.01. The lowest BCUT2D eigenvalue weighted by Crippen LogP contribution is -2.48. The quantitative estimate of drug-likeness (QED) is 0.835. The fraction of sp³-hybridized carbons (Fsp3) is 0.600. The molecule has 2 aliphatic heterocycles. The second-order valence-electron chi connectivity index (χ2n) is 6.12. The second-order valence-corrected chi connectivity index (χ2v) is 8.52. The van der Waals surface area contributed by atoms with Crippen molar-refractivity contribution < 1.29 is 9.53 Å². The van der Waals surface area contributed by atoms with Gasteiger partial charge < -0.3 is 9.64 Å². The van der Waals surface area contributed by atoms with Crippen molar-refractivity contribution in [3.63, 3.8) is 0 Å².